The number of hydrogen-bond donors (Lipinski definition) is 0. The smallest absolute Gasteiger partial charge is 0.543 e. The summed E-state index contributed by atoms with van der Waals surface area (Å²) in [6.07, 6.45) is 0.700. The summed E-state index contributed by atoms with van der Waals surface area (Å²) in [5, 5.41) is 11.0. The molecule has 0 bridgehead atoms. The van der Waals surface area contributed by atoms with Gasteiger partial charge in [0.15, 0.2) is 5.60 Å². The molecule has 3 aliphatic heterocycles. The van der Waals surface area contributed by atoms with E-state index in [0.29, 0.717) is 0 Å². The van der Waals surface area contributed by atoms with Gasteiger partial charge in [0.25, 0.3) is 0 Å². The maximum atomic E-state index is 12.1. The Hall–Kier alpha value is -1.05. The van der Waals surface area contributed by atoms with E-state index in [2.05, 4.69) is 0 Å². The molecule has 0 aromatic rings. The van der Waals surface area contributed by atoms with E-state index in [1.807, 2.05) is 6.92 Å². The largest absolute Gasteiger partial charge is 1.00 e. The Labute approximate surface area is 137 Å². The molecule has 7 nitrogen and oxygen atoms in total. The second-order valence-electron chi connectivity index (χ2n) is 5.33. The van der Waals surface area contributed by atoms with E-state index in [1.54, 1.807) is 6.92 Å². The van der Waals surface area contributed by atoms with Crippen LogP contribution in [-0.4, -0.2) is 41.2 Å². The summed E-state index contributed by atoms with van der Waals surface area (Å²) in [5.41, 5.74) is -1.13. The van der Waals surface area contributed by atoms with E-state index in [4.69, 9.17) is 9.47 Å². The number of β-lactam (4-membered cyclic amide) rings is 1. The normalized spacial score (nSPS) is 38.2. The number of carboxylic acids is 1. The predicted molar refractivity (Wildman–Crippen MR) is 57.2 cm³/mol. The molecule has 8 heteroatoms. The molecule has 1 amide bonds. The maximum Gasteiger partial charge on any atom is 1.00 e. The Morgan fingerprint density at radius 1 is 1.50 bits per heavy atom. The monoisotopic (exact) mass is 289 g/mol. The third-order valence-electron chi connectivity index (χ3n) is 4.02. The summed E-state index contributed by atoms with van der Waals surface area (Å²) in [6, 6.07) is -0.320. The molecule has 3 heterocycles. The van der Waals surface area contributed by atoms with Crippen molar-refractivity contribution in [2.45, 2.75) is 25.5 Å². The molecule has 0 radical (unpaired) electrons. The summed E-state index contributed by atoms with van der Waals surface area (Å²) in [7, 11) is 0. The molecule has 0 unspecified atom stereocenters. The van der Waals surface area contributed by atoms with Crippen LogP contribution in [0.4, 0.5) is 4.79 Å². The summed E-state index contributed by atoms with van der Waals surface area (Å²) in [5.74, 6) is -2.45. The number of fused-ring (bicyclic) bond motifs is 1. The van der Waals surface area contributed by atoms with Crippen molar-refractivity contribution in [3.8, 4) is 0 Å². The third kappa shape index (κ3) is 1.88. The van der Waals surface area contributed by atoms with Crippen LogP contribution in [0.25, 0.3) is 0 Å². The van der Waals surface area contributed by atoms with Crippen LogP contribution in [0.3, 0.4) is 0 Å². The van der Waals surface area contributed by atoms with Gasteiger partial charge < -0.3 is 24.3 Å². The van der Waals surface area contributed by atoms with E-state index in [-0.39, 0.29) is 59.7 Å². The molecular formula is C12H12NNaO6. The van der Waals surface area contributed by atoms with Gasteiger partial charge in [-0.05, 0) is 12.8 Å². The Kier molecular flexibility index (Phi) is 3.64. The molecule has 3 aliphatic rings. The Bertz CT molecular complexity index is 532. The van der Waals surface area contributed by atoms with Crippen molar-refractivity contribution in [3.63, 3.8) is 0 Å². The van der Waals surface area contributed by atoms with Crippen molar-refractivity contribution >= 4 is 18.0 Å². The van der Waals surface area contributed by atoms with Gasteiger partial charge in [0, 0.05) is 0 Å². The number of hydrogen-bond acceptors (Lipinski definition) is 6. The molecule has 2 saturated heterocycles. The summed E-state index contributed by atoms with van der Waals surface area (Å²) >= 11 is 0. The molecule has 3 rings (SSSR count). The fraction of sp³-hybridized carbons (Fsp3) is 0.583. The maximum absolute atomic E-state index is 12.1. The van der Waals surface area contributed by atoms with E-state index >= 15 is 0 Å². The molecule has 2 fully saturated rings. The minimum atomic E-state index is -1.37. The number of aliphatic carboxylic acids is 1. The van der Waals surface area contributed by atoms with Crippen molar-refractivity contribution in [1.29, 1.82) is 0 Å². The summed E-state index contributed by atoms with van der Waals surface area (Å²) in [6.45, 7) is 3.44. The SMILES string of the molecule is C[C@@H]1C=C(C(=O)[O-])N2C(=O)[C@H]([C@@]3(C)COC(=O)O3)[C@@H]12.[Na+]. The number of ether oxygens (including phenoxy) is 2. The van der Waals surface area contributed by atoms with Gasteiger partial charge in [-0.25, -0.2) is 4.79 Å². The number of cyclic esters (lactones) is 2. The molecular weight excluding hydrogens is 277 g/mol. The summed E-state index contributed by atoms with van der Waals surface area (Å²) < 4.78 is 9.83. The minimum Gasteiger partial charge on any atom is -0.543 e. The Morgan fingerprint density at radius 2 is 2.15 bits per heavy atom. The zero-order chi connectivity index (χ0) is 13.9. The van der Waals surface area contributed by atoms with Crippen LogP contribution in [0, 0.1) is 11.8 Å². The van der Waals surface area contributed by atoms with Crippen LogP contribution in [-0.2, 0) is 19.1 Å². The van der Waals surface area contributed by atoms with Gasteiger partial charge in [0.1, 0.15) is 12.5 Å². The van der Waals surface area contributed by atoms with Gasteiger partial charge in [-0.15, -0.1) is 0 Å². The van der Waals surface area contributed by atoms with Crippen molar-refractivity contribution in [2.24, 2.45) is 11.8 Å². The van der Waals surface area contributed by atoms with E-state index in [9.17, 15) is 19.5 Å². The van der Waals surface area contributed by atoms with Crippen LogP contribution in [0.1, 0.15) is 13.8 Å². The average Bonchev–Trinajstić information content (AvgIpc) is 2.78. The van der Waals surface area contributed by atoms with Gasteiger partial charge in [0.2, 0.25) is 5.91 Å². The van der Waals surface area contributed by atoms with E-state index < -0.39 is 23.6 Å². The Morgan fingerprint density at radius 3 is 2.65 bits per heavy atom. The Balaban J connectivity index is 0.00000147. The van der Waals surface area contributed by atoms with Gasteiger partial charge in [0.05, 0.1) is 17.7 Å². The summed E-state index contributed by atoms with van der Waals surface area (Å²) in [4.78, 5) is 35.4. The standard InChI is InChI=1S/C12H13NO6.Na/c1-5-3-6(10(15)16)13-8(5)7(9(13)14)12(2)4-18-11(17)19-12;/h3,5,7-8H,4H2,1-2H3,(H,15,16);/q;+1/p-1/t5-,7-,8-,12-;/m1./s1. The molecule has 0 N–H and O–H groups in total. The van der Waals surface area contributed by atoms with Crippen molar-refractivity contribution < 1.29 is 58.5 Å². The number of carbonyl (C=O) groups excluding carboxylic acids is 3. The predicted octanol–water partition coefficient (Wildman–Crippen LogP) is -3.97. The minimum absolute atomic E-state index is 0. The zero-order valence-corrected chi connectivity index (χ0v) is 13.4. The quantitative estimate of drug-likeness (QED) is 0.292. The zero-order valence-electron chi connectivity index (χ0n) is 11.4. The van der Waals surface area contributed by atoms with Crippen LogP contribution in [0.15, 0.2) is 11.8 Å². The first-order valence-corrected chi connectivity index (χ1v) is 5.97. The van der Waals surface area contributed by atoms with Gasteiger partial charge in [-0.1, -0.05) is 13.0 Å². The number of carbonyl (C=O) groups is 3. The van der Waals surface area contributed by atoms with Crippen LogP contribution >= 0.6 is 0 Å². The number of amides is 1. The van der Waals surface area contributed by atoms with Crippen LogP contribution in [0.5, 0.6) is 0 Å². The molecule has 0 saturated carbocycles. The fourth-order valence-electron chi connectivity index (χ4n) is 3.15. The third-order valence-corrected chi connectivity index (χ3v) is 4.02. The van der Waals surface area contributed by atoms with Crippen molar-refractivity contribution in [3.05, 3.63) is 11.8 Å². The number of rotatable bonds is 2. The molecule has 0 aliphatic carbocycles. The van der Waals surface area contributed by atoms with Crippen molar-refractivity contribution in [1.82, 2.24) is 4.90 Å². The topological polar surface area (TPSA) is 96.0 Å². The van der Waals surface area contributed by atoms with E-state index in [1.165, 1.54) is 11.0 Å². The average molecular weight is 289 g/mol. The first kappa shape index (κ1) is 15.3. The second-order valence-corrected chi connectivity index (χ2v) is 5.33. The van der Waals surface area contributed by atoms with Gasteiger partial charge in [-0.2, -0.15) is 0 Å². The van der Waals surface area contributed by atoms with Crippen LogP contribution in [0.2, 0.25) is 0 Å². The molecule has 0 spiro atoms. The number of carboxylic acid groups (broad SMARTS) is 1. The van der Waals surface area contributed by atoms with Gasteiger partial charge >= 0.3 is 35.7 Å². The molecule has 0 aromatic heterocycles. The molecule has 20 heavy (non-hydrogen) atoms. The van der Waals surface area contributed by atoms with E-state index in [0.717, 1.165) is 0 Å². The molecule has 102 valence electrons. The first-order chi connectivity index (χ1) is 8.85. The van der Waals surface area contributed by atoms with Crippen LogP contribution < -0.4 is 34.7 Å². The first-order valence-electron chi connectivity index (χ1n) is 5.97. The number of nitrogens with zero attached hydrogens (tertiary/aromatic N) is 1. The van der Waals surface area contributed by atoms with Gasteiger partial charge in [-0.3, -0.25) is 4.79 Å². The second kappa shape index (κ2) is 4.75. The molecule has 0 aromatic carbocycles. The van der Waals surface area contributed by atoms with Crippen molar-refractivity contribution in [2.75, 3.05) is 6.61 Å². The fourth-order valence-corrected chi connectivity index (χ4v) is 3.15. The molecule has 4 atom stereocenters.